The molecule has 25 nitrogen and oxygen atoms in total. The topological polar surface area (TPSA) is 405 Å². The third kappa shape index (κ3) is 49.0. The fourth-order valence-corrected chi connectivity index (χ4v) is 12.0. The summed E-state index contributed by atoms with van der Waals surface area (Å²) in [6, 6.07) is 41.3. The van der Waals surface area contributed by atoms with Crippen molar-refractivity contribution >= 4 is 168 Å². The Balaban J connectivity index is -0.000000495. The summed E-state index contributed by atoms with van der Waals surface area (Å²) in [6.07, 6.45) is 25.4. The number of halogens is 11. The van der Waals surface area contributed by atoms with Crippen molar-refractivity contribution in [2.45, 2.75) is 108 Å². The van der Waals surface area contributed by atoms with Gasteiger partial charge >= 0.3 is 76.2 Å². The zero-order valence-corrected chi connectivity index (χ0v) is 89.9. The number of alkyl halides is 1. The van der Waals surface area contributed by atoms with Gasteiger partial charge in [0.2, 0.25) is 0 Å². The SMILES string of the molecule is C.C.C.C#C[Si](C)(C)C.C#Cc1cc(N)ccc1F.C#Cc1cc(Nc2ncnc3cc(OC)c(C)cc23)ccc1F.C#Cc1cc(Nc2ncnc3cc(OC)c(O)cc23)ccc1F.CCOC(=O)CCBr.COc1cc2ncnc(Cl)c2cc1C.C[Si](C)(C)C#Cc1cc(N)ccc1F.C[Si](C)(C)C#Cc1cc([N+](=O)[O-])ccc1F.Fc1ccccc1Br.O.O=[N+]([O-])c1ccc(F)c(Br)c1.[K+].[Li+].[OH-].[OH-]. The minimum atomic E-state index is -1.61. The fourth-order valence-electron chi connectivity index (χ4n) is 9.80. The van der Waals surface area contributed by atoms with Crippen molar-refractivity contribution in [1.82, 2.24) is 29.9 Å². The first-order valence-electron chi connectivity index (χ1n) is 39.2. The van der Waals surface area contributed by atoms with Gasteiger partial charge in [-0.05, 0) is 179 Å². The molecule has 141 heavy (non-hydrogen) atoms. The van der Waals surface area contributed by atoms with E-state index in [1.165, 1.54) is 92.8 Å². The molecule has 0 unspecified atom stereocenters. The molecule has 13 aromatic rings. The molecule has 3 heterocycles. The van der Waals surface area contributed by atoms with E-state index in [9.17, 15) is 60.9 Å². The second-order valence-electron chi connectivity index (χ2n) is 30.2. The number of aromatic nitrogens is 6. The first kappa shape index (κ1) is 138. The van der Waals surface area contributed by atoms with Gasteiger partial charge in [0, 0.05) is 86.7 Å². The molecule has 0 fully saturated rings. The Hall–Kier alpha value is -11.7. The van der Waals surface area contributed by atoms with E-state index in [1.54, 1.807) is 69.7 Å². The smallest absolute Gasteiger partial charge is 0.870 e. The van der Waals surface area contributed by atoms with Crippen LogP contribution in [0.2, 0.25) is 64.1 Å². The van der Waals surface area contributed by atoms with Gasteiger partial charge in [-0.25, -0.2) is 60.6 Å². The van der Waals surface area contributed by atoms with E-state index in [4.69, 9.17) is 63.0 Å². The first-order chi connectivity index (χ1) is 62.7. The second kappa shape index (κ2) is 68.4. The number of rotatable bonds is 12. The zero-order chi connectivity index (χ0) is 99.6. The van der Waals surface area contributed by atoms with Gasteiger partial charge < -0.3 is 62.6 Å². The van der Waals surface area contributed by atoms with Crippen LogP contribution in [0.4, 0.5) is 76.5 Å². The van der Waals surface area contributed by atoms with Crippen LogP contribution in [0.5, 0.6) is 23.0 Å². The number of aryl methyl sites for hydroxylation is 2. The Morgan fingerprint density at radius 2 is 0.837 bits per heavy atom. The number of benzene rings is 10. The van der Waals surface area contributed by atoms with E-state index in [-0.39, 0.29) is 170 Å². The molecule has 13 rings (SSSR count). The molecular formula is C100H109Br3ClF7KLiN12O13Si3. The third-order valence-corrected chi connectivity index (χ3v) is 20.9. The molecule has 0 saturated carbocycles. The van der Waals surface area contributed by atoms with Gasteiger partial charge in [0.05, 0.1) is 97.5 Å². The van der Waals surface area contributed by atoms with Crippen molar-refractivity contribution in [3.63, 3.8) is 0 Å². The van der Waals surface area contributed by atoms with Crippen LogP contribution in [-0.4, -0.2) is 125 Å². The maximum atomic E-state index is 13.5. The average molecular weight is 2230 g/mol. The van der Waals surface area contributed by atoms with Crippen LogP contribution in [0.1, 0.15) is 74.6 Å². The summed E-state index contributed by atoms with van der Waals surface area (Å²) in [5.41, 5.74) is 26.9. The number of esters is 1. The zero-order valence-electron chi connectivity index (χ0n) is 78.2. The van der Waals surface area contributed by atoms with Crippen molar-refractivity contribution in [2.75, 3.05) is 55.4 Å². The summed E-state index contributed by atoms with van der Waals surface area (Å²) in [7, 11) is 0.557. The molecule has 0 atom stereocenters. The van der Waals surface area contributed by atoms with Crippen LogP contribution >= 0.6 is 59.4 Å². The van der Waals surface area contributed by atoms with Gasteiger partial charge in [-0.1, -0.05) is 150 Å². The third-order valence-electron chi connectivity index (χ3n) is 16.4. The van der Waals surface area contributed by atoms with Gasteiger partial charge in [0.25, 0.3) is 11.4 Å². The van der Waals surface area contributed by atoms with Crippen LogP contribution in [0.3, 0.4) is 0 Å². The van der Waals surface area contributed by atoms with Crippen molar-refractivity contribution in [3.05, 3.63) is 303 Å². The van der Waals surface area contributed by atoms with Gasteiger partial charge in [0.1, 0.15) is 112 Å². The van der Waals surface area contributed by atoms with Crippen LogP contribution < -0.4 is 107 Å². The van der Waals surface area contributed by atoms with E-state index in [1.807, 2.05) is 57.8 Å². The number of nitrogens with zero attached hydrogens (tertiary/aromatic N) is 8. The van der Waals surface area contributed by atoms with Gasteiger partial charge in [-0.15, -0.1) is 42.3 Å². The number of fused-ring (bicyclic) bond motifs is 3. The first-order valence-corrected chi connectivity index (χ1v) is 52.8. The summed E-state index contributed by atoms with van der Waals surface area (Å²) < 4.78 is 112. The van der Waals surface area contributed by atoms with Crippen molar-refractivity contribution in [2.24, 2.45) is 0 Å². The molecule has 0 aliphatic carbocycles. The molecule has 738 valence electrons. The molecular weight excluding hydrogens is 2120 g/mol. The number of terminal acetylenes is 4. The monoisotopic (exact) mass is 2220 g/mol. The standard InChI is InChI=1S/C18H14FN3O.C17H12FN3O2.C11H12FNO2Si.C11H14FNSi.C10H9ClN2O.C8H6FN.C6H3BrFNO2.C6H4BrF.C5H9BrO2.C5H10Si.3CH4.K.Li.3H2O/c1-4-12-8-13(5-6-15(12)19)22-18-14-7-11(2)17(23-3)9-16(14)20-10-21-18;1-3-10-6-11(4-5-13(10)18)21-17-12-7-15(22)16(23-2)8-14(12)19-9-20-17;1-16(2,3)7-6-9-8-10(13(14)15)4-5-11(9)12;1-14(2,3)7-6-9-8-10(13)4-5-11(9)12;1-6-3-7-8(4-9(6)14-2)12-5-13-10(7)11;1-2-6-5-7(10)3-4-8(6)9;7-5-3-4(9(10)11)1-2-6(5)8;7-5-3-1-2-4-6(5)8;1-2-8-5(7)3-4-6;1-5-6(2,3)4;;;;;;;;/h1,5-10H,2-3H3,(H,20,21,22);1,4-9,22H,2H3,(H,19,20,21);4-5,8H,1-3H3;4-5,8H,13H2,1-3H3;3-5H,1-2H3;1,3-5H,10H2;1-3H;1-4H;2-4H2,1H3;1H,2-4H3;3*1H4;;;3*1H2/q;;;;;;;;;;;;;2*+1;;;/p-2. The molecule has 0 aliphatic rings. The molecule has 0 radical (unpaired) electrons. The number of nitro groups is 2. The predicted octanol–water partition coefficient (Wildman–Crippen LogP) is 19.3. The Bertz CT molecular complexity index is 6440. The summed E-state index contributed by atoms with van der Waals surface area (Å²) >= 11 is 14.9. The number of nitrogens with two attached hydrogens (primary N) is 2. The Labute approximate surface area is 906 Å². The average Bonchev–Trinajstić information content (AvgIpc) is 0.804. The van der Waals surface area contributed by atoms with Crippen molar-refractivity contribution in [1.29, 1.82) is 0 Å². The molecule has 41 heteroatoms. The summed E-state index contributed by atoms with van der Waals surface area (Å²) in [6.45, 7) is 25.0. The van der Waals surface area contributed by atoms with Crippen molar-refractivity contribution in [3.8, 4) is 94.9 Å². The van der Waals surface area contributed by atoms with Crippen LogP contribution in [0.25, 0.3) is 32.7 Å². The second-order valence-corrected chi connectivity index (χ2v) is 47.4. The number of phenols is 1. The number of hydrogen-bond acceptors (Lipinski definition) is 22. The number of methoxy groups -OCH3 is 3. The molecule has 0 spiro atoms. The number of ether oxygens (including phenoxy) is 4. The Morgan fingerprint density at radius 1 is 0.489 bits per heavy atom. The predicted molar refractivity (Wildman–Crippen MR) is 562 cm³/mol. The number of carbonyl (C=O) groups excluding carboxylic acids is 1. The van der Waals surface area contributed by atoms with Gasteiger partial charge in [-0.3, -0.25) is 25.0 Å². The molecule has 0 amide bonds. The Kier molecular flexibility index (Phi) is 66.8. The molecule has 11 N–H and O–H groups in total. The van der Waals surface area contributed by atoms with E-state index < -0.39 is 63.2 Å². The Morgan fingerprint density at radius 3 is 1.21 bits per heavy atom. The largest absolute Gasteiger partial charge is 1.00 e. The molecule has 3 aromatic heterocycles. The van der Waals surface area contributed by atoms with E-state index in [0.29, 0.717) is 84.6 Å². The number of nitro benzene ring substituents is 2. The summed E-state index contributed by atoms with van der Waals surface area (Å²) in [5.74, 6) is 12.3. The number of nitrogens with one attached hydrogen (secondary N) is 2. The number of non-ortho nitro benzene ring substituents is 2. The maximum absolute atomic E-state index is 13.5. The number of anilines is 6. The number of phenolic OH excluding ortho intramolecular Hbond substituents is 1. The van der Waals surface area contributed by atoms with Crippen LogP contribution in [0.15, 0.2) is 198 Å². The maximum Gasteiger partial charge on any atom is 1.00 e. The van der Waals surface area contributed by atoms with Crippen molar-refractivity contribution < 1.29 is 156 Å². The van der Waals surface area contributed by atoms with Gasteiger partial charge in [0.15, 0.2) is 11.5 Å². The molecule has 10 aromatic carbocycles. The molecule has 0 bridgehead atoms. The van der Waals surface area contributed by atoms with Crippen LogP contribution in [-0.2, 0) is 9.53 Å². The minimum Gasteiger partial charge on any atom is -0.870 e. The van der Waals surface area contributed by atoms with Crippen LogP contribution in [0, 0.1) is 147 Å². The van der Waals surface area contributed by atoms with Gasteiger partial charge in [-0.2, -0.15) is 0 Å². The molecule has 0 aliphatic heterocycles. The number of hydrogen-bond donors (Lipinski definition) is 5. The number of aromatic hydroxyl groups is 1. The summed E-state index contributed by atoms with van der Waals surface area (Å²) in [5, 5.41) is 40.2. The molecule has 0 saturated heterocycles. The quantitative estimate of drug-likeness (QED) is 0.00873. The minimum absolute atomic E-state index is 0. The number of nitrogen functional groups attached to an aromatic ring is 2. The normalized spacial score (nSPS) is 9.49. The summed E-state index contributed by atoms with van der Waals surface area (Å²) in [4.78, 5) is 54.8. The van der Waals surface area contributed by atoms with E-state index in [2.05, 4.69) is 179 Å². The number of carbonyl (C=O) groups is 1. The van der Waals surface area contributed by atoms with E-state index >= 15 is 0 Å². The van der Waals surface area contributed by atoms with E-state index in [0.717, 1.165) is 74.8 Å². The fraction of sp³-hybridized carbons (Fsp3) is 0.210.